The lowest BCUT2D eigenvalue weighted by atomic mass is 10.3. The summed E-state index contributed by atoms with van der Waals surface area (Å²) in [6, 6.07) is 1.46. The van der Waals surface area contributed by atoms with E-state index in [4.69, 9.17) is 16.0 Å². The van der Waals surface area contributed by atoms with Gasteiger partial charge in [0.2, 0.25) is 11.1 Å². The highest BCUT2D eigenvalue weighted by molar-refractivity contribution is 6.32. The highest BCUT2D eigenvalue weighted by atomic mass is 35.5. The minimum absolute atomic E-state index is 0.0257. The fourth-order valence-corrected chi connectivity index (χ4v) is 1.60. The van der Waals surface area contributed by atoms with E-state index in [9.17, 15) is 9.59 Å². The van der Waals surface area contributed by atoms with Crippen molar-refractivity contribution in [3.05, 3.63) is 23.1 Å². The van der Waals surface area contributed by atoms with Crippen molar-refractivity contribution >= 4 is 23.4 Å². The lowest BCUT2D eigenvalue weighted by Gasteiger charge is -2.18. The Morgan fingerprint density at radius 1 is 1.41 bits per heavy atom. The molecule has 6 heteroatoms. The molecule has 0 radical (unpaired) electrons. The van der Waals surface area contributed by atoms with Gasteiger partial charge in [-0.3, -0.25) is 9.59 Å². The van der Waals surface area contributed by atoms with Crippen LogP contribution in [0.2, 0.25) is 5.22 Å². The van der Waals surface area contributed by atoms with Crippen molar-refractivity contribution in [1.82, 2.24) is 10.2 Å². The van der Waals surface area contributed by atoms with Gasteiger partial charge < -0.3 is 14.6 Å². The highest BCUT2D eigenvalue weighted by Crippen LogP contribution is 2.15. The van der Waals surface area contributed by atoms with Crippen molar-refractivity contribution in [2.75, 3.05) is 19.6 Å². The summed E-state index contributed by atoms with van der Waals surface area (Å²) in [7, 11) is 0. The van der Waals surface area contributed by atoms with Gasteiger partial charge in [-0.1, -0.05) is 0 Å². The quantitative estimate of drug-likeness (QED) is 0.871. The number of nitrogens with zero attached hydrogens (tertiary/aromatic N) is 1. The summed E-state index contributed by atoms with van der Waals surface area (Å²) in [5.41, 5.74) is 0.235. The van der Waals surface area contributed by atoms with Crippen LogP contribution in [0.4, 0.5) is 0 Å². The minimum Gasteiger partial charge on any atom is -0.452 e. The van der Waals surface area contributed by atoms with E-state index in [1.807, 2.05) is 13.8 Å². The SMILES string of the molecule is CCN(CC)C(=O)CNC(=O)c1ccoc1Cl. The van der Waals surface area contributed by atoms with Gasteiger partial charge in [0, 0.05) is 13.1 Å². The first-order chi connectivity index (χ1) is 8.10. The van der Waals surface area contributed by atoms with Crippen LogP contribution in [0, 0.1) is 0 Å². The normalized spacial score (nSPS) is 10.1. The van der Waals surface area contributed by atoms with Gasteiger partial charge in [-0.15, -0.1) is 0 Å². The number of halogens is 1. The smallest absolute Gasteiger partial charge is 0.256 e. The Morgan fingerprint density at radius 3 is 2.53 bits per heavy atom. The molecule has 1 heterocycles. The lowest BCUT2D eigenvalue weighted by molar-refractivity contribution is -0.129. The average Bonchev–Trinajstić information content (AvgIpc) is 2.74. The topological polar surface area (TPSA) is 62.6 Å². The third-order valence-electron chi connectivity index (χ3n) is 2.38. The molecular formula is C11H15ClN2O3. The molecule has 0 aliphatic carbocycles. The number of hydrogen-bond acceptors (Lipinski definition) is 3. The van der Waals surface area contributed by atoms with E-state index in [-0.39, 0.29) is 23.2 Å². The van der Waals surface area contributed by atoms with Crippen LogP contribution in [0.25, 0.3) is 0 Å². The predicted octanol–water partition coefficient (Wildman–Crippen LogP) is 1.53. The van der Waals surface area contributed by atoms with Crippen molar-refractivity contribution < 1.29 is 14.0 Å². The number of nitrogens with one attached hydrogen (secondary N) is 1. The second-order valence-corrected chi connectivity index (χ2v) is 3.70. The predicted molar refractivity (Wildman–Crippen MR) is 64.0 cm³/mol. The van der Waals surface area contributed by atoms with E-state index in [0.717, 1.165) is 0 Å². The molecule has 5 nitrogen and oxygen atoms in total. The molecule has 0 atom stereocenters. The summed E-state index contributed by atoms with van der Waals surface area (Å²) in [5.74, 6) is -0.535. The second kappa shape index (κ2) is 6.30. The Kier molecular flexibility index (Phi) is 5.03. The van der Waals surface area contributed by atoms with E-state index in [1.165, 1.54) is 12.3 Å². The molecule has 0 bridgehead atoms. The van der Waals surface area contributed by atoms with E-state index >= 15 is 0 Å². The molecule has 0 fully saturated rings. The standard InChI is InChI=1S/C11H15ClN2O3/c1-3-14(4-2)9(15)7-13-11(16)8-5-6-17-10(8)12/h5-6H,3-4,7H2,1-2H3,(H,13,16). The minimum atomic E-state index is -0.413. The summed E-state index contributed by atoms with van der Waals surface area (Å²) in [6.07, 6.45) is 1.32. The van der Waals surface area contributed by atoms with Gasteiger partial charge >= 0.3 is 0 Å². The summed E-state index contributed by atoms with van der Waals surface area (Å²) in [4.78, 5) is 24.9. The highest BCUT2D eigenvalue weighted by Gasteiger charge is 2.15. The van der Waals surface area contributed by atoms with Gasteiger partial charge in [0.15, 0.2) is 0 Å². The Labute approximate surface area is 105 Å². The van der Waals surface area contributed by atoms with Crippen molar-refractivity contribution in [2.24, 2.45) is 0 Å². The largest absolute Gasteiger partial charge is 0.452 e. The van der Waals surface area contributed by atoms with Crippen LogP contribution >= 0.6 is 11.6 Å². The van der Waals surface area contributed by atoms with Crippen LogP contribution in [0.15, 0.2) is 16.7 Å². The van der Waals surface area contributed by atoms with E-state index in [2.05, 4.69) is 5.32 Å². The molecule has 2 amide bonds. The van der Waals surface area contributed by atoms with Crippen molar-refractivity contribution in [2.45, 2.75) is 13.8 Å². The molecule has 94 valence electrons. The number of carbonyl (C=O) groups is 2. The number of rotatable bonds is 5. The van der Waals surface area contributed by atoms with Crippen LogP contribution in [-0.4, -0.2) is 36.3 Å². The molecule has 1 N–H and O–H groups in total. The molecule has 0 saturated heterocycles. The number of carbonyl (C=O) groups excluding carboxylic acids is 2. The summed E-state index contributed by atoms with van der Waals surface area (Å²) in [6.45, 7) is 4.98. The molecule has 0 aliphatic heterocycles. The molecule has 0 saturated carbocycles. The number of furan rings is 1. The Balaban J connectivity index is 2.49. The zero-order valence-corrected chi connectivity index (χ0v) is 10.6. The Bertz CT molecular complexity index is 399. The average molecular weight is 259 g/mol. The molecule has 1 rings (SSSR count). The molecule has 0 spiro atoms. The zero-order valence-electron chi connectivity index (χ0n) is 9.83. The van der Waals surface area contributed by atoms with Gasteiger partial charge in [0.05, 0.1) is 18.4 Å². The second-order valence-electron chi connectivity index (χ2n) is 3.36. The van der Waals surface area contributed by atoms with Gasteiger partial charge in [0.1, 0.15) is 0 Å². The summed E-state index contributed by atoms with van der Waals surface area (Å²) in [5, 5.41) is 2.53. The molecule has 0 aromatic carbocycles. The summed E-state index contributed by atoms with van der Waals surface area (Å²) >= 11 is 5.64. The fourth-order valence-electron chi connectivity index (χ4n) is 1.39. The van der Waals surface area contributed by atoms with Gasteiger partial charge in [-0.25, -0.2) is 0 Å². The van der Waals surface area contributed by atoms with Crippen LogP contribution in [0.1, 0.15) is 24.2 Å². The van der Waals surface area contributed by atoms with E-state index in [1.54, 1.807) is 4.90 Å². The van der Waals surface area contributed by atoms with Gasteiger partial charge in [0.25, 0.3) is 5.91 Å². The van der Waals surface area contributed by atoms with Crippen molar-refractivity contribution in [1.29, 1.82) is 0 Å². The number of amides is 2. The molecular weight excluding hydrogens is 244 g/mol. The maximum Gasteiger partial charge on any atom is 0.256 e. The summed E-state index contributed by atoms with van der Waals surface area (Å²) < 4.78 is 4.79. The van der Waals surface area contributed by atoms with E-state index in [0.29, 0.717) is 13.1 Å². The first-order valence-electron chi connectivity index (χ1n) is 5.39. The maximum absolute atomic E-state index is 11.6. The number of likely N-dealkylation sites (N-methyl/N-ethyl adjacent to an activating group) is 1. The zero-order chi connectivity index (χ0) is 12.8. The molecule has 0 unspecified atom stereocenters. The monoisotopic (exact) mass is 258 g/mol. The molecule has 0 aliphatic rings. The van der Waals surface area contributed by atoms with Gasteiger partial charge in [-0.2, -0.15) is 0 Å². The van der Waals surface area contributed by atoms with Crippen LogP contribution in [-0.2, 0) is 4.79 Å². The van der Waals surface area contributed by atoms with Crippen LogP contribution in [0.5, 0.6) is 0 Å². The first-order valence-corrected chi connectivity index (χ1v) is 5.76. The van der Waals surface area contributed by atoms with Gasteiger partial charge in [-0.05, 0) is 31.5 Å². The van der Waals surface area contributed by atoms with Crippen molar-refractivity contribution in [3.63, 3.8) is 0 Å². The molecule has 1 aromatic heterocycles. The third-order valence-corrected chi connectivity index (χ3v) is 2.67. The fraction of sp³-hybridized carbons (Fsp3) is 0.455. The lowest BCUT2D eigenvalue weighted by Crippen LogP contribution is -2.39. The van der Waals surface area contributed by atoms with E-state index < -0.39 is 5.91 Å². The first kappa shape index (κ1) is 13.6. The molecule has 17 heavy (non-hydrogen) atoms. The Hall–Kier alpha value is -1.49. The van der Waals surface area contributed by atoms with Crippen molar-refractivity contribution in [3.8, 4) is 0 Å². The van der Waals surface area contributed by atoms with Crippen LogP contribution < -0.4 is 5.32 Å². The molecule has 1 aromatic rings. The maximum atomic E-state index is 11.6. The third kappa shape index (κ3) is 3.49. The number of hydrogen-bond donors (Lipinski definition) is 1. The Morgan fingerprint density at radius 2 is 2.06 bits per heavy atom. The van der Waals surface area contributed by atoms with Crippen LogP contribution in [0.3, 0.4) is 0 Å².